The Hall–Kier alpha value is -4.05. The van der Waals surface area contributed by atoms with Gasteiger partial charge >= 0.3 is 5.97 Å². The topological polar surface area (TPSA) is 97.6 Å². The van der Waals surface area contributed by atoms with Crippen LogP contribution in [-0.2, 0) is 9.53 Å². The first-order valence-corrected chi connectivity index (χ1v) is 12.1. The SMILES string of the molecule is CCOC(=O)C1=C(C)N=c2s/c(=C\c3ccc(OC)cc3OC)c(=O)n2C1c1ccc2c(c1)OCO2. The molecule has 1 aromatic heterocycles. The van der Waals surface area contributed by atoms with E-state index in [9.17, 15) is 9.59 Å². The number of thiazole rings is 1. The maximum atomic E-state index is 13.8. The molecule has 2 aliphatic rings. The number of fused-ring (bicyclic) bond motifs is 2. The first-order chi connectivity index (χ1) is 17.4. The Morgan fingerprint density at radius 2 is 1.97 bits per heavy atom. The summed E-state index contributed by atoms with van der Waals surface area (Å²) in [4.78, 5) is 31.9. The average Bonchev–Trinajstić information content (AvgIpc) is 3.47. The number of carbonyl (C=O) groups excluding carboxylic acids is 1. The zero-order valence-corrected chi connectivity index (χ0v) is 21.0. The number of methoxy groups -OCH3 is 2. The molecule has 186 valence electrons. The van der Waals surface area contributed by atoms with Gasteiger partial charge < -0.3 is 23.7 Å². The molecule has 3 aromatic rings. The fourth-order valence-electron chi connectivity index (χ4n) is 4.27. The van der Waals surface area contributed by atoms with Gasteiger partial charge in [-0.05, 0) is 49.8 Å². The predicted octanol–water partition coefficient (Wildman–Crippen LogP) is 2.54. The van der Waals surface area contributed by atoms with Crippen molar-refractivity contribution in [3.8, 4) is 23.0 Å². The predicted molar refractivity (Wildman–Crippen MR) is 133 cm³/mol. The third-order valence-corrected chi connectivity index (χ3v) is 6.94. The van der Waals surface area contributed by atoms with Gasteiger partial charge in [-0.2, -0.15) is 0 Å². The smallest absolute Gasteiger partial charge is 0.338 e. The molecule has 0 radical (unpaired) electrons. The van der Waals surface area contributed by atoms with E-state index in [0.717, 1.165) is 0 Å². The molecule has 3 heterocycles. The van der Waals surface area contributed by atoms with Gasteiger partial charge in [0.2, 0.25) is 6.79 Å². The van der Waals surface area contributed by atoms with Gasteiger partial charge in [-0.25, -0.2) is 9.79 Å². The quantitative estimate of drug-likeness (QED) is 0.472. The molecule has 0 fully saturated rings. The van der Waals surface area contributed by atoms with Gasteiger partial charge in [-0.3, -0.25) is 9.36 Å². The molecule has 0 bridgehead atoms. The standard InChI is InChI=1S/C26H24N2O7S/c1-5-33-25(30)22-14(2)27-26-28(23(22)16-7-9-18-20(10-16)35-13-34-18)24(29)21(36-26)11-15-6-8-17(31-3)12-19(15)32-4/h6-12,23H,5,13H2,1-4H3/b21-11-. The third-order valence-electron chi connectivity index (χ3n) is 5.96. The molecule has 0 aliphatic carbocycles. The summed E-state index contributed by atoms with van der Waals surface area (Å²) in [6.45, 7) is 3.80. The Balaban J connectivity index is 1.71. The largest absolute Gasteiger partial charge is 0.497 e. The van der Waals surface area contributed by atoms with E-state index in [1.165, 1.54) is 15.9 Å². The number of hydrogen-bond donors (Lipinski definition) is 0. The fourth-order valence-corrected chi connectivity index (χ4v) is 5.31. The molecule has 5 rings (SSSR count). The normalized spacial score (nSPS) is 16.4. The molecule has 36 heavy (non-hydrogen) atoms. The molecule has 1 unspecified atom stereocenters. The van der Waals surface area contributed by atoms with Crippen molar-refractivity contribution in [2.45, 2.75) is 19.9 Å². The lowest BCUT2D eigenvalue weighted by Crippen LogP contribution is -2.39. The van der Waals surface area contributed by atoms with Crippen molar-refractivity contribution in [3.05, 3.63) is 78.5 Å². The van der Waals surface area contributed by atoms with E-state index >= 15 is 0 Å². The van der Waals surface area contributed by atoms with Crippen LogP contribution in [0, 0.1) is 0 Å². The number of benzene rings is 2. The highest BCUT2D eigenvalue weighted by Crippen LogP contribution is 2.38. The van der Waals surface area contributed by atoms with Crippen molar-refractivity contribution in [1.29, 1.82) is 0 Å². The highest BCUT2D eigenvalue weighted by molar-refractivity contribution is 7.07. The van der Waals surface area contributed by atoms with Crippen LogP contribution in [0.2, 0.25) is 0 Å². The summed E-state index contributed by atoms with van der Waals surface area (Å²) in [7, 11) is 3.13. The van der Waals surface area contributed by atoms with Gasteiger partial charge in [0.15, 0.2) is 16.3 Å². The van der Waals surface area contributed by atoms with Gasteiger partial charge in [-0.1, -0.05) is 17.4 Å². The highest BCUT2D eigenvalue weighted by Gasteiger charge is 2.34. The van der Waals surface area contributed by atoms with Crippen molar-refractivity contribution in [2.75, 3.05) is 27.6 Å². The van der Waals surface area contributed by atoms with Crippen LogP contribution < -0.4 is 33.8 Å². The van der Waals surface area contributed by atoms with E-state index in [0.29, 0.717) is 54.7 Å². The summed E-state index contributed by atoms with van der Waals surface area (Å²) in [5, 5.41) is 0. The Labute approximate surface area is 210 Å². The monoisotopic (exact) mass is 508 g/mol. The molecule has 9 nitrogen and oxygen atoms in total. The van der Waals surface area contributed by atoms with Gasteiger partial charge in [0.05, 0.1) is 42.7 Å². The molecule has 10 heteroatoms. The number of carbonyl (C=O) groups is 1. The van der Waals surface area contributed by atoms with E-state index in [2.05, 4.69) is 4.99 Å². The second-order valence-corrected chi connectivity index (χ2v) is 9.03. The van der Waals surface area contributed by atoms with Gasteiger partial charge in [0.1, 0.15) is 11.5 Å². The number of esters is 1. The minimum absolute atomic E-state index is 0.116. The van der Waals surface area contributed by atoms with Crippen molar-refractivity contribution >= 4 is 23.4 Å². The van der Waals surface area contributed by atoms with E-state index in [1.54, 1.807) is 58.4 Å². The molecule has 2 aromatic carbocycles. The first-order valence-electron chi connectivity index (χ1n) is 11.3. The lowest BCUT2D eigenvalue weighted by atomic mass is 9.95. The lowest BCUT2D eigenvalue weighted by molar-refractivity contribution is -0.139. The van der Waals surface area contributed by atoms with Crippen LogP contribution >= 0.6 is 11.3 Å². The van der Waals surface area contributed by atoms with Crippen LogP contribution in [0.25, 0.3) is 6.08 Å². The molecule has 0 N–H and O–H groups in total. The van der Waals surface area contributed by atoms with E-state index in [-0.39, 0.29) is 19.0 Å². The van der Waals surface area contributed by atoms with Crippen LogP contribution in [-0.4, -0.2) is 38.2 Å². The van der Waals surface area contributed by atoms with Gasteiger partial charge in [0, 0.05) is 11.6 Å². The summed E-state index contributed by atoms with van der Waals surface area (Å²) in [6.07, 6.45) is 1.75. The van der Waals surface area contributed by atoms with Crippen LogP contribution in [0.4, 0.5) is 0 Å². The molecule has 1 atom stereocenters. The van der Waals surface area contributed by atoms with Crippen molar-refractivity contribution in [1.82, 2.24) is 4.57 Å². The Morgan fingerprint density at radius 3 is 2.72 bits per heavy atom. The maximum Gasteiger partial charge on any atom is 0.338 e. The minimum atomic E-state index is -0.741. The number of rotatable bonds is 6. The number of nitrogens with zero attached hydrogens (tertiary/aromatic N) is 2. The van der Waals surface area contributed by atoms with Gasteiger partial charge in [-0.15, -0.1) is 0 Å². The molecule has 0 saturated heterocycles. The molecular formula is C26H24N2O7S. The Kier molecular flexibility index (Phi) is 6.27. The first kappa shape index (κ1) is 23.7. The van der Waals surface area contributed by atoms with E-state index in [4.69, 9.17) is 23.7 Å². The summed E-state index contributed by atoms with van der Waals surface area (Å²) >= 11 is 1.24. The molecule has 2 aliphatic heterocycles. The number of ether oxygens (including phenoxy) is 5. The second kappa shape index (κ2) is 9.54. The summed E-state index contributed by atoms with van der Waals surface area (Å²) in [5.41, 5.74) is 1.91. The van der Waals surface area contributed by atoms with E-state index < -0.39 is 12.0 Å². The van der Waals surface area contributed by atoms with Crippen LogP contribution in [0.15, 0.2) is 57.5 Å². The minimum Gasteiger partial charge on any atom is -0.497 e. The van der Waals surface area contributed by atoms with Crippen molar-refractivity contribution in [2.24, 2.45) is 4.99 Å². The van der Waals surface area contributed by atoms with Crippen LogP contribution in [0.5, 0.6) is 23.0 Å². The number of hydrogen-bond acceptors (Lipinski definition) is 9. The summed E-state index contributed by atoms with van der Waals surface area (Å²) < 4.78 is 29.1. The summed E-state index contributed by atoms with van der Waals surface area (Å²) in [6, 6.07) is 10.0. The Bertz CT molecular complexity index is 1570. The van der Waals surface area contributed by atoms with E-state index in [1.807, 2.05) is 12.1 Å². The van der Waals surface area contributed by atoms with Crippen molar-refractivity contribution < 1.29 is 28.5 Å². The third kappa shape index (κ3) is 4.03. The molecule has 0 amide bonds. The molecular weight excluding hydrogens is 484 g/mol. The lowest BCUT2D eigenvalue weighted by Gasteiger charge is -2.24. The second-order valence-electron chi connectivity index (χ2n) is 8.02. The highest BCUT2D eigenvalue weighted by atomic mass is 32.1. The van der Waals surface area contributed by atoms with Crippen molar-refractivity contribution in [3.63, 3.8) is 0 Å². The Morgan fingerprint density at radius 1 is 1.17 bits per heavy atom. The molecule has 0 spiro atoms. The number of allylic oxidation sites excluding steroid dienone is 1. The zero-order valence-electron chi connectivity index (χ0n) is 20.2. The molecule has 0 saturated carbocycles. The maximum absolute atomic E-state index is 13.8. The average molecular weight is 509 g/mol. The van der Waals surface area contributed by atoms with Gasteiger partial charge in [0.25, 0.3) is 5.56 Å². The summed E-state index contributed by atoms with van der Waals surface area (Å²) in [5.74, 6) is 1.85. The zero-order chi connectivity index (χ0) is 25.4. The van der Waals surface area contributed by atoms with Crippen LogP contribution in [0.3, 0.4) is 0 Å². The van der Waals surface area contributed by atoms with Crippen LogP contribution in [0.1, 0.15) is 31.0 Å². The fraction of sp³-hybridized carbons (Fsp3) is 0.269. The number of aromatic nitrogens is 1.